The summed E-state index contributed by atoms with van der Waals surface area (Å²) in [6.45, 7) is 4.23. The smallest absolute Gasteiger partial charge is 0.397 e. The number of carbonyl (C=O) groups is 1. The van der Waals surface area contributed by atoms with Crippen molar-refractivity contribution in [2.24, 2.45) is 5.41 Å². The highest BCUT2D eigenvalue weighted by Crippen LogP contribution is 2.53. The third kappa shape index (κ3) is 4.37. The van der Waals surface area contributed by atoms with Gasteiger partial charge in [0, 0.05) is 6.07 Å². The second-order valence-corrected chi connectivity index (χ2v) is 7.59. The number of benzene rings is 1. The number of rotatable bonds is 4. The zero-order valence-electron chi connectivity index (χ0n) is 14.1. The van der Waals surface area contributed by atoms with Crippen LogP contribution in [0.15, 0.2) is 12.1 Å². The fraction of sp³-hybridized carbons (Fsp3) is 0.588. The Balaban J connectivity index is 2.16. The quantitative estimate of drug-likeness (QED) is 0.506. The molecule has 1 aliphatic carbocycles. The lowest BCUT2D eigenvalue weighted by Crippen LogP contribution is -2.48. The van der Waals surface area contributed by atoms with Crippen molar-refractivity contribution < 1.29 is 31.8 Å². The van der Waals surface area contributed by atoms with E-state index in [2.05, 4.69) is 0 Å². The van der Waals surface area contributed by atoms with Crippen molar-refractivity contribution in [3.05, 3.63) is 28.5 Å². The minimum atomic E-state index is -4.40. The van der Waals surface area contributed by atoms with Gasteiger partial charge in [-0.15, -0.1) is 0 Å². The predicted octanol–water partition coefficient (Wildman–Crippen LogP) is 5.55. The molecule has 140 valence electrons. The summed E-state index contributed by atoms with van der Waals surface area (Å²) in [6.07, 6.45) is -4.01. The SMILES string of the molecule is CC(C)(C)OC(=O)c1cc(Cl)c(OCC2(C(F)(F)F)CCC2)cc1F. The maximum Gasteiger partial charge on any atom is 0.397 e. The molecule has 0 heterocycles. The average Bonchev–Trinajstić information content (AvgIpc) is 2.37. The van der Waals surface area contributed by atoms with Gasteiger partial charge in [0.1, 0.15) is 23.8 Å². The van der Waals surface area contributed by atoms with E-state index < -0.39 is 41.1 Å². The molecule has 0 aliphatic heterocycles. The lowest BCUT2D eigenvalue weighted by molar-refractivity contribution is -0.259. The van der Waals surface area contributed by atoms with Crippen molar-refractivity contribution in [1.29, 1.82) is 0 Å². The van der Waals surface area contributed by atoms with Crippen molar-refractivity contribution in [2.75, 3.05) is 6.61 Å². The summed E-state index contributed by atoms with van der Waals surface area (Å²) in [6, 6.07) is 1.81. The van der Waals surface area contributed by atoms with Crippen LogP contribution in [-0.4, -0.2) is 24.4 Å². The molecule has 3 nitrogen and oxygen atoms in total. The molecule has 0 saturated heterocycles. The second-order valence-electron chi connectivity index (χ2n) is 7.18. The van der Waals surface area contributed by atoms with Crippen LogP contribution in [0.25, 0.3) is 0 Å². The number of esters is 1. The van der Waals surface area contributed by atoms with Crippen LogP contribution in [0.4, 0.5) is 17.6 Å². The summed E-state index contributed by atoms with van der Waals surface area (Å²) >= 11 is 5.94. The van der Waals surface area contributed by atoms with Crippen molar-refractivity contribution in [1.82, 2.24) is 0 Å². The highest BCUT2D eigenvalue weighted by atomic mass is 35.5. The van der Waals surface area contributed by atoms with Crippen molar-refractivity contribution in [3.63, 3.8) is 0 Å². The Morgan fingerprint density at radius 2 is 1.84 bits per heavy atom. The third-order valence-corrected chi connectivity index (χ3v) is 4.35. The van der Waals surface area contributed by atoms with E-state index in [0.717, 1.165) is 12.1 Å². The van der Waals surface area contributed by atoms with Gasteiger partial charge in [-0.25, -0.2) is 9.18 Å². The lowest BCUT2D eigenvalue weighted by atomic mass is 9.69. The number of halogens is 5. The third-order valence-electron chi connectivity index (χ3n) is 4.06. The normalized spacial score (nSPS) is 17.0. The summed E-state index contributed by atoms with van der Waals surface area (Å²) in [5.74, 6) is -2.12. The van der Waals surface area contributed by atoms with Crippen LogP contribution in [0.3, 0.4) is 0 Å². The number of hydrogen-bond acceptors (Lipinski definition) is 3. The van der Waals surface area contributed by atoms with Gasteiger partial charge in [0.15, 0.2) is 0 Å². The maximum atomic E-state index is 14.1. The molecular weight excluding hydrogens is 364 g/mol. The Kier molecular flexibility index (Phi) is 5.28. The van der Waals surface area contributed by atoms with E-state index in [4.69, 9.17) is 21.1 Å². The van der Waals surface area contributed by atoms with Crippen LogP contribution < -0.4 is 4.74 Å². The van der Waals surface area contributed by atoms with E-state index in [1.807, 2.05) is 0 Å². The second kappa shape index (κ2) is 6.67. The first-order valence-corrected chi connectivity index (χ1v) is 8.14. The molecule has 1 aliphatic rings. The first kappa shape index (κ1) is 19.8. The zero-order valence-corrected chi connectivity index (χ0v) is 14.9. The van der Waals surface area contributed by atoms with E-state index in [1.165, 1.54) is 0 Å². The number of carbonyl (C=O) groups excluding carboxylic acids is 1. The number of ether oxygens (including phenoxy) is 2. The molecule has 0 bridgehead atoms. The average molecular weight is 383 g/mol. The molecule has 1 saturated carbocycles. The highest BCUT2D eigenvalue weighted by Gasteiger charge is 2.58. The monoisotopic (exact) mass is 382 g/mol. The van der Waals surface area contributed by atoms with Crippen molar-refractivity contribution >= 4 is 17.6 Å². The molecule has 0 aromatic heterocycles. The predicted molar refractivity (Wildman–Crippen MR) is 84.4 cm³/mol. The standard InChI is InChI=1S/C17H19ClF4O3/c1-15(2,3)25-14(23)10-7-11(18)13(8-12(10)19)24-9-16(5-4-6-16)17(20,21)22/h7-8H,4-6,9H2,1-3H3. The van der Waals surface area contributed by atoms with Crippen molar-refractivity contribution in [3.8, 4) is 5.75 Å². The molecule has 1 aromatic rings. The van der Waals surface area contributed by atoms with Gasteiger partial charge in [-0.05, 0) is 39.7 Å². The van der Waals surface area contributed by atoms with Crippen LogP contribution >= 0.6 is 11.6 Å². The molecule has 0 atom stereocenters. The molecular formula is C17H19ClF4O3. The van der Waals surface area contributed by atoms with Crippen LogP contribution in [0, 0.1) is 11.2 Å². The van der Waals surface area contributed by atoms with E-state index in [9.17, 15) is 22.4 Å². The van der Waals surface area contributed by atoms with Gasteiger partial charge in [-0.3, -0.25) is 0 Å². The molecule has 0 spiro atoms. The number of alkyl halides is 3. The summed E-state index contributed by atoms with van der Waals surface area (Å²) in [7, 11) is 0. The molecule has 25 heavy (non-hydrogen) atoms. The van der Waals surface area contributed by atoms with Gasteiger partial charge >= 0.3 is 12.1 Å². The fourth-order valence-electron chi connectivity index (χ4n) is 2.46. The molecule has 1 aromatic carbocycles. The topological polar surface area (TPSA) is 35.5 Å². The Labute approximate surface area is 148 Å². The first-order valence-electron chi connectivity index (χ1n) is 7.77. The summed E-state index contributed by atoms with van der Waals surface area (Å²) < 4.78 is 63.7. The van der Waals surface area contributed by atoms with Gasteiger partial charge in [0.25, 0.3) is 0 Å². The van der Waals surface area contributed by atoms with Crippen molar-refractivity contribution in [2.45, 2.75) is 51.8 Å². The van der Waals surface area contributed by atoms with Gasteiger partial charge in [0.05, 0.1) is 16.0 Å². The zero-order chi connectivity index (χ0) is 19.0. The number of hydrogen-bond donors (Lipinski definition) is 0. The van der Waals surface area contributed by atoms with Crippen LogP contribution in [-0.2, 0) is 4.74 Å². The summed E-state index contributed by atoms with van der Waals surface area (Å²) in [5.41, 5.74) is -3.15. The first-order chi connectivity index (χ1) is 11.3. The minimum absolute atomic E-state index is 0.0351. The van der Waals surface area contributed by atoms with Gasteiger partial charge in [0.2, 0.25) is 0 Å². The van der Waals surface area contributed by atoms with Crippen LogP contribution in [0.1, 0.15) is 50.4 Å². The van der Waals surface area contributed by atoms with Gasteiger partial charge in [-0.2, -0.15) is 13.2 Å². The summed E-state index contributed by atoms with van der Waals surface area (Å²) in [4.78, 5) is 11.9. The Morgan fingerprint density at radius 1 is 1.24 bits per heavy atom. The molecule has 1 fully saturated rings. The lowest BCUT2D eigenvalue weighted by Gasteiger charge is -2.42. The molecule has 2 rings (SSSR count). The maximum absolute atomic E-state index is 14.1. The van der Waals surface area contributed by atoms with Crippen LogP contribution in [0.2, 0.25) is 5.02 Å². The largest absolute Gasteiger partial charge is 0.491 e. The Bertz CT molecular complexity index is 661. The van der Waals surface area contributed by atoms with Crippen LogP contribution in [0.5, 0.6) is 5.75 Å². The molecule has 8 heteroatoms. The molecule has 0 unspecified atom stereocenters. The van der Waals surface area contributed by atoms with E-state index >= 15 is 0 Å². The molecule has 0 radical (unpaired) electrons. The van der Waals surface area contributed by atoms with E-state index in [0.29, 0.717) is 6.42 Å². The van der Waals surface area contributed by atoms with Gasteiger partial charge in [-0.1, -0.05) is 18.0 Å². The molecule has 0 N–H and O–H groups in total. The Morgan fingerprint density at radius 3 is 2.28 bits per heavy atom. The highest BCUT2D eigenvalue weighted by molar-refractivity contribution is 6.32. The fourth-order valence-corrected chi connectivity index (χ4v) is 2.68. The van der Waals surface area contributed by atoms with E-state index in [1.54, 1.807) is 20.8 Å². The minimum Gasteiger partial charge on any atom is -0.491 e. The van der Waals surface area contributed by atoms with Gasteiger partial charge < -0.3 is 9.47 Å². The summed E-state index contributed by atoms with van der Waals surface area (Å²) in [5, 5.41) is -0.154. The Hall–Kier alpha value is -1.50. The van der Waals surface area contributed by atoms with E-state index in [-0.39, 0.29) is 23.6 Å². The molecule has 0 amide bonds.